The van der Waals surface area contributed by atoms with Crippen LogP contribution in [-0.2, 0) is 13.2 Å². The highest BCUT2D eigenvalue weighted by Gasteiger charge is 2.07. The molecule has 0 radical (unpaired) electrons. The first-order chi connectivity index (χ1) is 11.6. The van der Waals surface area contributed by atoms with E-state index in [4.69, 9.17) is 16.3 Å². The zero-order chi connectivity index (χ0) is 17.4. The topological polar surface area (TPSA) is 37.4 Å². The van der Waals surface area contributed by atoms with Crippen molar-refractivity contribution in [1.82, 2.24) is 15.2 Å². The molecule has 24 heavy (non-hydrogen) atoms. The van der Waals surface area contributed by atoms with Crippen LogP contribution in [0.2, 0.25) is 5.02 Å². The van der Waals surface area contributed by atoms with Gasteiger partial charge in [-0.1, -0.05) is 17.7 Å². The molecule has 0 amide bonds. The van der Waals surface area contributed by atoms with Crippen LogP contribution < -0.4 is 10.1 Å². The molecule has 5 heteroatoms. The molecule has 4 nitrogen and oxygen atoms in total. The molecular weight excluding hydrogens is 322 g/mol. The van der Waals surface area contributed by atoms with Crippen molar-refractivity contribution in [2.75, 3.05) is 20.1 Å². The smallest absolute Gasteiger partial charge is 0.124 e. The number of rotatable bonds is 9. The number of halogens is 1. The molecule has 0 fully saturated rings. The van der Waals surface area contributed by atoms with Crippen molar-refractivity contribution < 1.29 is 4.74 Å². The second kappa shape index (κ2) is 9.62. The van der Waals surface area contributed by atoms with Crippen molar-refractivity contribution >= 4 is 11.6 Å². The highest BCUT2D eigenvalue weighted by atomic mass is 35.5. The van der Waals surface area contributed by atoms with E-state index in [-0.39, 0.29) is 0 Å². The first-order valence-corrected chi connectivity index (χ1v) is 8.65. The van der Waals surface area contributed by atoms with Crippen LogP contribution in [0.5, 0.6) is 5.75 Å². The molecule has 2 rings (SSSR count). The van der Waals surface area contributed by atoms with Gasteiger partial charge in [0.15, 0.2) is 0 Å². The van der Waals surface area contributed by atoms with Gasteiger partial charge in [0.05, 0.1) is 0 Å². The molecule has 130 valence electrons. The number of nitrogens with one attached hydrogen (secondary N) is 1. The summed E-state index contributed by atoms with van der Waals surface area (Å²) in [5.41, 5.74) is 2.11. The standard InChI is InChI=1S/C19H26ClN3O/c1-15(2)23(3)10-9-22-13-17-11-18(20)6-7-19(17)24-14-16-5-4-8-21-12-16/h4-8,11-12,15,22H,9-10,13-14H2,1-3H3. The molecule has 1 aromatic carbocycles. The number of hydrogen-bond donors (Lipinski definition) is 1. The third-order valence-corrected chi connectivity index (χ3v) is 4.21. The summed E-state index contributed by atoms with van der Waals surface area (Å²) in [5.74, 6) is 0.855. The summed E-state index contributed by atoms with van der Waals surface area (Å²) in [5, 5.41) is 4.18. The second-order valence-corrected chi connectivity index (χ2v) is 6.59. The van der Waals surface area contributed by atoms with Crippen molar-refractivity contribution in [3.05, 3.63) is 58.9 Å². The molecule has 0 atom stereocenters. The number of likely N-dealkylation sites (N-methyl/N-ethyl adjacent to an activating group) is 1. The molecule has 0 aliphatic carbocycles. The highest BCUT2D eigenvalue weighted by Crippen LogP contribution is 2.23. The van der Waals surface area contributed by atoms with Crippen LogP contribution in [0.15, 0.2) is 42.7 Å². The molecular formula is C19H26ClN3O. The molecule has 0 aliphatic heterocycles. The summed E-state index contributed by atoms with van der Waals surface area (Å²) in [6.07, 6.45) is 3.57. The fraction of sp³-hybridized carbons (Fsp3) is 0.421. The Bertz CT molecular complexity index is 619. The van der Waals surface area contributed by atoms with E-state index in [0.717, 1.165) is 41.5 Å². The van der Waals surface area contributed by atoms with Crippen molar-refractivity contribution in [3.8, 4) is 5.75 Å². The minimum atomic E-state index is 0.499. The zero-order valence-electron chi connectivity index (χ0n) is 14.6. The largest absolute Gasteiger partial charge is 0.489 e. The Balaban J connectivity index is 1.90. The van der Waals surface area contributed by atoms with E-state index in [1.54, 1.807) is 6.20 Å². The van der Waals surface area contributed by atoms with Gasteiger partial charge in [0.25, 0.3) is 0 Å². The molecule has 1 aromatic heterocycles. The van der Waals surface area contributed by atoms with E-state index in [9.17, 15) is 0 Å². The average Bonchev–Trinajstić information content (AvgIpc) is 2.58. The lowest BCUT2D eigenvalue weighted by Gasteiger charge is -2.21. The average molecular weight is 348 g/mol. The molecule has 0 saturated carbocycles. The van der Waals surface area contributed by atoms with E-state index in [0.29, 0.717) is 12.6 Å². The van der Waals surface area contributed by atoms with Crippen LogP contribution in [-0.4, -0.2) is 36.1 Å². The Hall–Kier alpha value is -1.62. The molecule has 0 unspecified atom stereocenters. The fourth-order valence-corrected chi connectivity index (χ4v) is 2.40. The predicted octanol–water partition coefficient (Wildman–Crippen LogP) is 3.74. The molecule has 0 aliphatic rings. The van der Waals surface area contributed by atoms with Crippen LogP contribution >= 0.6 is 11.6 Å². The second-order valence-electron chi connectivity index (χ2n) is 6.15. The Kier molecular flexibility index (Phi) is 7.50. The van der Waals surface area contributed by atoms with Crippen LogP contribution in [0, 0.1) is 0 Å². The van der Waals surface area contributed by atoms with Crippen molar-refractivity contribution in [3.63, 3.8) is 0 Å². The van der Waals surface area contributed by atoms with Gasteiger partial charge in [-0.2, -0.15) is 0 Å². The van der Waals surface area contributed by atoms with E-state index >= 15 is 0 Å². The highest BCUT2D eigenvalue weighted by molar-refractivity contribution is 6.30. The van der Waals surface area contributed by atoms with E-state index in [1.807, 2.05) is 36.5 Å². The first-order valence-electron chi connectivity index (χ1n) is 8.27. The molecule has 1 heterocycles. The van der Waals surface area contributed by atoms with Gasteiger partial charge in [0.1, 0.15) is 12.4 Å². The van der Waals surface area contributed by atoms with Gasteiger partial charge >= 0.3 is 0 Å². The minimum absolute atomic E-state index is 0.499. The number of ether oxygens (including phenoxy) is 1. The lowest BCUT2D eigenvalue weighted by Crippen LogP contribution is -2.33. The van der Waals surface area contributed by atoms with E-state index in [2.05, 4.69) is 36.1 Å². The van der Waals surface area contributed by atoms with Crippen LogP contribution in [0.1, 0.15) is 25.0 Å². The maximum Gasteiger partial charge on any atom is 0.124 e. The maximum atomic E-state index is 6.14. The lowest BCUT2D eigenvalue weighted by molar-refractivity contribution is 0.272. The van der Waals surface area contributed by atoms with Gasteiger partial charge in [0.2, 0.25) is 0 Å². The summed E-state index contributed by atoms with van der Waals surface area (Å²) in [6.45, 7) is 7.55. The SMILES string of the molecule is CC(C)N(C)CCNCc1cc(Cl)ccc1OCc1cccnc1. The Labute approximate surface area is 149 Å². The monoisotopic (exact) mass is 347 g/mol. The van der Waals surface area contributed by atoms with Crippen LogP contribution in [0.25, 0.3) is 0 Å². The predicted molar refractivity (Wildman–Crippen MR) is 99.5 cm³/mol. The normalized spacial score (nSPS) is 11.2. The van der Waals surface area contributed by atoms with Gasteiger partial charge in [-0.05, 0) is 45.2 Å². The summed E-state index contributed by atoms with van der Waals surface area (Å²) in [4.78, 5) is 6.42. The van der Waals surface area contributed by atoms with Crippen molar-refractivity contribution in [1.29, 1.82) is 0 Å². The summed E-state index contributed by atoms with van der Waals surface area (Å²) >= 11 is 6.14. The Morgan fingerprint density at radius 3 is 2.83 bits per heavy atom. The Morgan fingerprint density at radius 1 is 1.29 bits per heavy atom. The van der Waals surface area contributed by atoms with Crippen LogP contribution in [0.3, 0.4) is 0 Å². The lowest BCUT2D eigenvalue weighted by atomic mass is 10.2. The molecule has 1 N–H and O–H groups in total. The summed E-state index contributed by atoms with van der Waals surface area (Å²) in [6, 6.07) is 10.2. The van der Waals surface area contributed by atoms with E-state index in [1.165, 1.54) is 0 Å². The summed E-state index contributed by atoms with van der Waals surface area (Å²) < 4.78 is 5.95. The van der Waals surface area contributed by atoms with Gasteiger partial charge in [0, 0.05) is 54.2 Å². The number of aromatic nitrogens is 1. The molecule has 0 bridgehead atoms. The zero-order valence-corrected chi connectivity index (χ0v) is 15.4. The maximum absolute atomic E-state index is 6.14. The van der Waals surface area contributed by atoms with Gasteiger partial charge < -0.3 is 15.0 Å². The van der Waals surface area contributed by atoms with Gasteiger partial charge in [-0.15, -0.1) is 0 Å². The minimum Gasteiger partial charge on any atom is -0.489 e. The molecule has 0 spiro atoms. The fourth-order valence-electron chi connectivity index (χ4n) is 2.21. The number of hydrogen-bond acceptors (Lipinski definition) is 4. The number of benzene rings is 1. The van der Waals surface area contributed by atoms with Gasteiger partial charge in [-0.3, -0.25) is 4.98 Å². The third-order valence-electron chi connectivity index (χ3n) is 3.98. The van der Waals surface area contributed by atoms with Crippen molar-refractivity contribution in [2.45, 2.75) is 33.0 Å². The molecule has 0 saturated heterocycles. The quantitative estimate of drug-likeness (QED) is 0.701. The van der Waals surface area contributed by atoms with Gasteiger partial charge in [-0.25, -0.2) is 0 Å². The number of pyridine rings is 1. The first kappa shape index (κ1) is 18.7. The number of nitrogens with zero attached hydrogens (tertiary/aromatic N) is 2. The third kappa shape index (κ3) is 6.11. The van der Waals surface area contributed by atoms with Crippen LogP contribution in [0.4, 0.5) is 0 Å². The summed E-state index contributed by atoms with van der Waals surface area (Å²) in [7, 11) is 2.13. The Morgan fingerprint density at radius 2 is 2.12 bits per heavy atom. The molecule has 2 aromatic rings. The van der Waals surface area contributed by atoms with Crippen molar-refractivity contribution in [2.24, 2.45) is 0 Å². The van der Waals surface area contributed by atoms with E-state index < -0.39 is 0 Å².